The van der Waals surface area contributed by atoms with Crippen molar-refractivity contribution in [3.63, 3.8) is 0 Å². The number of rotatable bonds is 2. The zero-order chi connectivity index (χ0) is 14.9. The molecule has 1 aromatic rings. The standard InChI is InChI=1S/C16H25NO2S/c1-12-11-16(15(4)14(3)13(12)2)20(18,19)17-9-7-5-6-8-10-17/h11H,5-10H2,1-4H3. The Morgan fingerprint density at radius 2 is 1.40 bits per heavy atom. The topological polar surface area (TPSA) is 37.4 Å². The van der Waals surface area contributed by atoms with Gasteiger partial charge in [0.25, 0.3) is 0 Å². The maximum absolute atomic E-state index is 12.9. The van der Waals surface area contributed by atoms with Crippen LogP contribution < -0.4 is 0 Å². The molecule has 0 atom stereocenters. The molecule has 1 aliphatic heterocycles. The Balaban J connectivity index is 2.49. The molecule has 0 spiro atoms. The molecule has 0 saturated carbocycles. The maximum Gasteiger partial charge on any atom is 0.243 e. The second-order valence-corrected chi connectivity index (χ2v) is 7.79. The van der Waals surface area contributed by atoms with Crippen LogP contribution in [0.4, 0.5) is 0 Å². The summed E-state index contributed by atoms with van der Waals surface area (Å²) in [6.07, 6.45) is 4.22. The second-order valence-electron chi connectivity index (χ2n) is 5.88. The van der Waals surface area contributed by atoms with Crippen molar-refractivity contribution in [1.29, 1.82) is 0 Å². The molecule has 1 fully saturated rings. The lowest BCUT2D eigenvalue weighted by Gasteiger charge is -2.23. The molecule has 4 heteroatoms. The molecule has 20 heavy (non-hydrogen) atoms. The van der Waals surface area contributed by atoms with Gasteiger partial charge >= 0.3 is 0 Å². The van der Waals surface area contributed by atoms with Crippen molar-refractivity contribution < 1.29 is 8.42 Å². The van der Waals surface area contributed by atoms with Crippen molar-refractivity contribution >= 4 is 10.0 Å². The Kier molecular flexibility index (Phi) is 4.55. The summed E-state index contributed by atoms with van der Waals surface area (Å²) in [6.45, 7) is 9.30. The highest BCUT2D eigenvalue weighted by molar-refractivity contribution is 7.89. The number of benzene rings is 1. The predicted molar refractivity (Wildman–Crippen MR) is 82.6 cm³/mol. The Hall–Kier alpha value is -0.870. The van der Waals surface area contributed by atoms with Crippen molar-refractivity contribution in [2.24, 2.45) is 0 Å². The van der Waals surface area contributed by atoms with E-state index in [1.807, 2.05) is 26.8 Å². The van der Waals surface area contributed by atoms with Crippen molar-refractivity contribution in [2.45, 2.75) is 58.3 Å². The average Bonchev–Trinajstić information content (AvgIpc) is 2.69. The first-order valence-electron chi connectivity index (χ1n) is 7.43. The van der Waals surface area contributed by atoms with E-state index < -0.39 is 10.0 Å². The molecular weight excluding hydrogens is 270 g/mol. The summed E-state index contributed by atoms with van der Waals surface area (Å²) in [5.41, 5.74) is 4.24. The van der Waals surface area contributed by atoms with E-state index in [4.69, 9.17) is 0 Å². The summed E-state index contributed by atoms with van der Waals surface area (Å²) in [5.74, 6) is 0. The van der Waals surface area contributed by atoms with Gasteiger partial charge in [0.2, 0.25) is 10.0 Å². The molecule has 1 heterocycles. The summed E-state index contributed by atoms with van der Waals surface area (Å²) in [7, 11) is -3.34. The highest BCUT2D eigenvalue weighted by Crippen LogP contribution is 2.28. The molecule has 1 saturated heterocycles. The Bertz CT molecular complexity index is 597. The Labute approximate surface area is 123 Å². The summed E-state index contributed by atoms with van der Waals surface area (Å²) in [5, 5.41) is 0. The van der Waals surface area contributed by atoms with E-state index in [0.29, 0.717) is 18.0 Å². The molecule has 0 aromatic heterocycles. The highest BCUT2D eigenvalue weighted by atomic mass is 32.2. The smallest absolute Gasteiger partial charge is 0.207 e. The molecule has 2 rings (SSSR count). The first-order chi connectivity index (χ1) is 9.35. The van der Waals surface area contributed by atoms with Gasteiger partial charge in [-0.25, -0.2) is 8.42 Å². The monoisotopic (exact) mass is 295 g/mol. The van der Waals surface area contributed by atoms with Gasteiger partial charge in [-0.1, -0.05) is 12.8 Å². The van der Waals surface area contributed by atoms with Crippen molar-refractivity contribution in [1.82, 2.24) is 4.31 Å². The molecule has 0 bridgehead atoms. The third-order valence-corrected chi connectivity index (χ3v) is 6.64. The fourth-order valence-electron chi connectivity index (χ4n) is 2.86. The van der Waals surface area contributed by atoms with E-state index in [9.17, 15) is 8.42 Å². The zero-order valence-electron chi connectivity index (χ0n) is 13.0. The fraction of sp³-hybridized carbons (Fsp3) is 0.625. The fourth-order valence-corrected chi connectivity index (χ4v) is 4.75. The summed E-state index contributed by atoms with van der Waals surface area (Å²) in [4.78, 5) is 0.500. The van der Waals surface area contributed by atoms with Gasteiger partial charge in [-0.3, -0.25) is 0 Å². The number of nitrogens with zero attached hydrogens (tertiary/aromatic N) is 1. The predicted octanol–water partition coefficient (Wildman–Crippen LogP) is 3.48. The van der Waals surface area contributed by atoms with Gasteiger partial charge in [0.1, 0.15) is 0 Å². The third kappa shape index (κ3) is 2.77. The van der Waals surface area contributed by atoms with E-state index in [1.165, 1.54) is 5.56 Å². The van der Waals surface area contributed by atoms with E-state index in [0.717, 1.165) is 42.4 Å². The van der Waals surface area contributed by atoms with Gasteiger partial charge in [-0.15, -0.1) is 0 Å². The summed E-state index contributed by atoms with van der Waals surface area (Å²) >= 11 is 0. The first kappa shape index (κ1) is 15.5. The van der Waals surface area contributed by atoms with Crippen molar-refractivity contribution in [2.75, 3.05) is 13.1 Å². The minimum Gasteiger partial charge on any atom is -0.207 e. The van der Waals surface area contributed by atoms with Crippen LogP contribution in [0.1, 0.15) is 47.9 Å². The lowest BCUT2D eigenvalue weighted by Crippen LogP contribution is -2.32. The molecule has 1 aromatic carbocycles. The number of hydrogen-bond donors (Lipinski definition) is 0. The number of aryl methyl sites for hydroxylation is 1. The molecule has 0 N–H and O–H groups in total. The van der Waals surface area contributed by atoms with Crippen LogP contribution in [0.15, 0.2) is 11.0 Å². The third-order valence-electron chi connectivity index (χ3n) is 4.62. The quantitative estimate of drug-likeness (QED) is 0.837. The Morgan fingerprint density at radius 3 is 1.95 bits per heavy atom. The van der Waals surface area contributed by atoms with Crippen molar-refractivity contribution in [3.05, 3.63) is 28.3 Å². The van der Waals surface area contributed by atoms with Gasteiger partial charge in [0.05, 0.1) is 4.90 Å². The van der Waals surface area contributed by atoms with Crippen LogP contribution in [0.5, 0.6) is 0 Å². The lowest BCUT2D eigenvalue weighted by atomic mass is 10.00. The average molecular weight is 295 g/mol. The minimum atomic E-state index is -3.34. The maximum atomic E-state index is 12.9. The summed E-state index contributed by atoms with van der Waals surface area (Å²) < 4.78 is 27.5. The van der Waals surface area contributed by atoms with Crippen LogP contribution >= 0.6 is 0 Å². The molecule has 3 nitrogen and oxygen atoms in total. The normalized spacial score (nSPS) is 18.0. The van der Waals surface area contributed by atoms with Crippen LogP contribution in [0, 0.1) is 27.7 Å². The first-order valence-corrected chi connectivity index (χ1v) is 8.87. The number of hydrogen-bond acceptors (Lipinski definition) is 2. The zero-order valence-corrected chi connectivity index (χ0v) is 13.8. The van der Waals surface area contributed by atoms with Crippen molar-refractivity contribution in [3.8, 4) is 0 Å². The van der Waals surface area contributed by atoms with Crippen LogP contribution in [-0.4, -0.2) is 25.8 Å². The summed E-state index contributed by atoms with van der Waals surface area (Å²) in [6, 6.07) is 1.85. The van der Waals surface area contributed by atoms with E-state index in [-0.39, 0.29) is 0 Å². The van der Waals surface area contributed by atoms with E-state index in [2.05, 4.69) is 6.92 Å². The SMILES string of the molecule is Cc1cc(S(=O)(=O)N2CCCCCC2)c(C)c(C)c1C. The van der Waals surface area contributed by atoms with Crippen LogP contribution in [-0.2, 0) is 10.0 Å². The van der Waals surface area contributed by atoms with Crippen LogP contribution in [0.25, 0.3) is 0 Å². The molecule has 1 aliphatic rings. The van der Waals surface area contributed by atoms with Crippen LogP contribution in [0.2, 0.25) is 0 Å². The van der Waals surface area contributed by atoms with Gasteiger partial charge in [-0.2, -0.15) is 4.31 Å². The largest absolute Gasteiger partial charge is 0.243 e. The Morgan fingerprint density at radius 1 is 0.850 bits per heavy atom. The number of sulfonamides is 1. The molecule has 0 aliphatic carbocycles. The molecule has 0 radical (unpaired) electrons. The molecule has 0 unspecified atom stereocenters. The van der Waals surface area contributed by atoms with Gasteiger partial charge < -0.3 is 0 Å². The van der Waals surface area contributed by atoms with Gasteiger partial charge in [-0.05, 0) is 68.9 Å². The van der Waals surface area contributed by atoms with Gasteiger partial charge in [0, 0.05) is 13.1 Å². The minimum absolute atomic E-state index is 0.500. The second kappa shape index (κ2) is 5.86. The molecule has 0 amide bonds. The lowest BCUT2D eigenvalue weighted by molar-refractivity contribution is 0.423. The molecule has 112 valence electrons. The van der Waals surface area contributed by atoms with E-state index in [1.54, 1.807) is 4.31 Å². The molecular formula is C16H25NO2S. The highest BCUT2D eigenvalue weighted by Gasteiger charge is 2.27. The van der Waals surface area contributed by atoms with Crippen LogP contribution in [0.3, 0.4) is 0 Å². The van der Waals surface area contributed by atoms with E-state index >= 15 is 0 Å². The van der Waals surface area contributed by atoms with Gasteiger partial charge in [0.15, 0.2) is 0 Å².